The fraction of sp³-hybridized carbons (Fsp3) is 0.364. The second-order valence-corrected chi connectivity index (χ2v) is 8.61. The van der Waals surface area contributed by atoms with Gasteiger partial charge in [-0.25, -0.2) is 13.2 Å². The van der Waals surface area contributed by atoms with Crippen molar-refractivity contribution in [1.82, 2.24) is 4.90 Å². The van der Waals surface area contributed by atoms with E-state index in [-0.39, 0.29) is 18.4 Å². The monoisotopic (exact) mass is 488 g/mol. The first-order chi connectivity index (χ1) is 15.5. The van der Waals surface area contributed by atoms with Gasteiger partial charge < -0.3 is 15.3 Å². The average Bonchev–Trinajstić information content (AvgIpc) is 3.02. The van der Waals surface area contributed by atoms with Crippen LogP contribution in [0, 0.1) is 17.5 Å². The third kappa shape index (κ3) is 4.29. The summed E-state index contributed by atoms with van der Waals surface area (Å²) in [5.74, 6) is -11.4. The largest absolute Gasteiger partial charge is 0.393 e. The molecule has 2 aliphatic rings. The van der Waals surface area contributed by atoms with Crippen LogP contribution >= 0.6 is 11.6 Å². The molecule has 176 valence electrons. The zero-order valence-electron chi connectivity index (χ0n) is 16.9. The molecule has 2 saturated heterocycles. The molecule has 4 rings (SSSR count). The lowest BCUT2D eigenvalue weighted by Crippen LogP contribution is -2.52. The molecule has 33 heavy (non-hydrogen) atoms. The zero-order valence-corrected chi connectivity index (χ0v) is 17.7. The lowest BCUT2D eigenvalue weighted by molar-refractivity contribution is -0.165. The summed E-state index contributed by atoms with van der Waals surface area (Å²) in [4.78, 5) is 26.4. The zero-order chi connectivity index (χ0) is 24.1. The molecule has 2 fully saturated rings. The van der Waals surface area contributed by atoms with Crippen LogP contribution in [0.1, 0.15) is 41.6 Å². The van der Waals surface area contributed by atoms with Gasteiger partial charge in [0.25, 0.3) is 11.8 Å². The molecule has 0 radical (unpaired) electrons. The van der Waals surface area contributed by atoms with Crippen molar-refractivity contribution >= 4 is 29.1 Å². The minimum atomic E-state index is -4.06. The maximum absolute atomic E-state index is 15.3. The smallest absolute Gasteiger partial charge is 0.351 e. The lowest BCUT2D eigenvalue weighted by Gasteiger charge is -2.39. The highest BCUT2D eigenvalue weighted by atomic mass is 35.5. The molecule has 2 heterocycles. The number of fused-ring (bicyclic) bond motifs is 2. The summed E-state index contributed by atoms with van der Waals surface area (Å²) in [6.45, 7) is 0. The number of halogens is 6. The van der Waals surface area contributed by atoms with Crippen molar-refractivity contribution in [2.45, 2.75) is 49.8 Å². The molecule has 3 atom stereocenters. The van der Waals surface area contributed by atoms with E-state index in [1.54, 1.807) is 0 Å². The maximum atomic E-state index is 15.3. The Morgan fingerprint density at radius 3 is 2.18 bits per heavy atom. The maximum Gasteiger partial charge on any atom is 0.351 e. The first-order valence-electron chi connectivity index (χ1n) is 10.1. The normalized spacial score (nSPS) is 22.4. The number of aliphatic hydroxyl groups is 1. The molecule has 0 spiro atoms. The molecular weight excluding hydrogens is 471 g/mol. The molecule has 11 heteroatoms. The summed E-state index contributed by atoms with van der Waals surface area (Å²) >= 11 is 5.94. The van der Waals surface area contributed by atoms with Gasteiger partial charge in [0.1, 0.15) is 0 Å². The predicted molar refractivity (Wildman–Crippen MR) is 109 cm³/mol. The number of nitrogens with zero attached hydrogens (tertiary/aromatic N) is 1. The van der Waals surface area contributed by atoms with Crippen molar-refractivity contribution in [3.05, 3.63) is 63.9 Å². The molecular formula is C22H18ClF5N2O3. The Hall–Kier alpha value is -2.72. The van der Waals surface area contributed by atoms with E-state index >= 15 is 8.78 Å². The predicted octanol–water partition coefficient (Wildman–Crippen LogP) is 4.62. The molecule has 0 unspecified atom stereocenters. The van der Waals surface area contributed by atoms with Crippen LogP contribution in [0.2, 0.25) is 5.02 Å². The number of carbonyl (C=O) groups excluding carboxylic acids is 2. The van der Waals surface area contributed by atoms with E-state index in [0.29, 0.717) is 25.0 Å². The molecule has 0 aliphatic carbocycles. The Labute approximate surface area is 190 Å². The number of benzene rings is 2. The topological polar surface area (TPSA) is 69.6 Å². The molecule has 2 N–H and O–H groups in total. The van der Waals surface area contributed by atoms with Gasteiger partial charge in [0.2, 0.25) is 0 Å². The third-order valence-electron chi connectivity index (χ3n) is 6.02. The highest BCUT2D eigenvalue weighted by Crippen LogP contribution is 2.42. The number of anilines is 1. The van der Waals surface area contributed by atoms with Crippen molar-refractivity contribution in [1.29, 1.82) is 0 Å². The van der Waals surface area contributed by atoms with Gasteiger partial charge in [-0.15, -0.1) is 0 Å². The minimum Gasteiger partial charge on any atom is -0.393 e. The minimum absolute atomic E-state index is 0.208. The van der Waals surface area contributed by atoms with Crippen LogP contribution < -0.4 is 5.32 Å². The van der Waals surface area contributed by atoms with E-state index in [9.17, 15) is 27.9 Å². The summed E-state index contributed by atoms with van der Waals surface area (Å²) in [7, 11) is 0. The standard InChI is InChI=1S/C22H18ClF5N2O3/c23-16-4-1-10(20(32)29-11-6-17(24)19(26)18(25)7-11)5-15(16)22(27,28)21(33)30-12-2-3-13(30)9-14(31)8-12/h1,4-7,12-14,31H,2-3,8-9H2,(H,29,32)/t12-,13+,14+. The first kappa shape index (κ1) is 23.4. The quantitative estimate of drug-likeness (QED) is 0.487. The van der Waals surface area contributed by atoms with Gasteiger partial charge in [-0.2, -0.15) is 8.78 Å². The Balaban J connectivity index is 1.60. The van der Waals surface area contributed by atoms with Gasteiger partial charge >= 0.3 is 5.92 Å². The van der Waals surface area contributed by atoms with E-state index in [1.807, 2.05) is 0 Å². The van der Waals surface area contributed by atoms with Crippen LogP contribution in [-0.4, -0.2) is 40.0 Å². The highest BCUT2D eigenvalue weighted by Gasteiger charge is 2.52. The van der Waals surface area contributed by atoms with Crippen LogP contribution in [0.3, 0.4) is 0 Å². The molecule has 0 aromatic heterocycles. The number of nitrogens with one attached hydrogen (secondary N) is 1. The summed E-state index contributed by atoms with van der Waals surface area (Å²) < 4.78 is 70.4. The summed E-state index contributed by atoms with van der Waals surface area (Å²) in [5, 5.41) is 11.5. The third-order valence-corrected chi connectivity index (χ3v) is 6.35. The first-order valence-corrected chi connectivity index (χ1v) is 10.5. The van der Waals surface area contributed by atoms with E-state index < -0.39 is 69.6 Å². The molecule has 2 aromatic rings. The number of carbonyl (C=O) groups is 2. The number of aliphatic hydroxyl groups excluding tert-OH is 1. The van der Waals surface area contributed by atoms with Crippen LogP contribution in [-0.2, 0) is 10.7 Å². The van der Waals surface area contributed by atoms with Crippen LogP contribution in [0.15, 0.2) is 30.3 Å². The fourth-order valence-electron chi connectivity index (χ4n) is 4.50. The fourth-order valence-corrected chi connectivity index (χ4v) is 4.73. The van der Waals surface area contributed by atoms with Gasteiger partial charge in [0.05, 0.1) is 16.7 Å². The number of amides is 2. The Morgan fingerprint density at radius 1 is 1.03 bits per heavy atom. The summed E-state index contributed by atoms with van der Waals surface area (Å²) in [5.41, 5.74) is -1.69. The number of hydrogen-bond donors (Lipinski definition) is 2. The average molecular weight is 489 g/mol. The van der Waals surface area contributed by atoms with Crippen molar-refractivity contribution < 1.29 is 36.6 Å². The van der Waals surface area contributed by atoms with Crippen molar-refractivity contribution in [2.75, 3.05) is 5.32 Å². The molecule has 5 nitrogen and oxygen atoms in total. The Morgan fingerprint density at radius 2 is 1.61 bits per heavy atom. The molecule has 2 bridgehead atoms. The van der Waals surface area contributed by atoms with Crippen molar-refractivity contribution in [3.8, 4) is 0 Å². The number of alkyl halides is 2. The molecule has 2 aliphatic heterocycles. The van der Waals surface area contributed by atoms with Crippen LogP contribution in [0.5, 0.6) is 0 Å². The van der Waals surface area contributed by atoms with Gasteiger partial charge in [0, 0.05) is 35.5 Å². The van der Waals surface area contributed by atoms with E-state index in [0.717, 1.165) is 23.1 Å². The molecule has 2 amide bonds. The van der Waals surface area contributed by atoms with Gasteiger partial charge in [0.15, 0.2) is 17.5 Å². The number of hydrogen-bond acceptors (Lipinski definition) is 3. The van der Waals surface area contributed by atoms with E-state index in [1.165, 1.54) is 0 Å². The van der Waals surface area contributed by atoms with E-state index in [2.05, 4.69) is 5.32 Å². The highest BCUT2D eigenvalue weighted by molar-refractivity contribution is 6.32. The second-order valence-electron chi connectivity index (χ2n) is 8.20. The molecule has 2 aromatic carbocycles. The molecule has 0 saturated carbocycles. The van der Waals surface area contributed by atoms with Crippen LogP contribution in [0.25, 0.3) is 0 Å². The Bertz CT molecular complexity index is 1090. The van der Waals surface area contributed by atoms with Crippen molar-refractivity contribution in [2.24, 2.45) is 0 Å². The van der Waals surface area contributed by atoms with Crippen molar-refractivity contribution in [3.63, 3.8) is 0 Å². The summed E-state index contributed by atoms with van der Waals surface area (Å²) in [6, 6.07) is 2.88. The van der Waals surface area contributed by atoms with E-state index in [4.69, 9.17) is 11.6 Å². The van der Waals surface area contributed by atoms with Gasteiger partial charge in [-0.3, -0.25) is 9.59 Å². The number of piperidine rings is 1. The SMILES string of the molecule is O=C(Nc1cc(F)c(F)c(F)c1)c1ccc(Cl)c(C(F)(F)C(=O)N2[C@@H]3CC[C@H]2C[C@@H](O)C3)c1. The van der Waals surface area contributed by atoms with Gasteiger partial charge in [-0.05, 0) is 43.9 Å². The lowest BCUT2D eigenvalue weighted by atomic mass is 9.97. The second kappa shape index (κ2) is 8.57. The van der Waals surface area contributed by atoms with Crippen LogP contribution in [0.4, 0.5) is 27.6 Å². The number of rotatable bonds is 4. The van der Waals surface area contributed by atoms with Gasteiger partial charge in [-0.1, -0.05) is 11.6 Å². The Kier molecular flexibility index (Phi) is 6.09. The summed E-state index contributed by atoms with van der Waals surface area (Å²) in [6.07, 6.45) is 0.769.